The summed E-state index contributed by atoms with van der Waals surface area (Å²) in [7, 11) is -3.48. The Labute approximate surface area is 175 Å². The molecule has 2 aliphatic heterocycles. The Kier molecular flexibility index (Phi) is 7.02. The van der Waals surface area contributed by atoms with E-state index in [-0.39, 0.29) is 16.3 Å². The highest BCUT2D eigenvalue weighted by molar-refractivity contribution is 7.89. The molecule has 2 heterocycles. The number of nitrogens with zero attached hydrogens (tertiary/aromatic N) is 2. The Morgan fingerprint density at radius 1 is 1.03 bits per heavy atom. The SMILES string of the molecule is CC1CCN(S(=O)(=O)c2ccc(C(=O)NCC(C)(C)N3CCCCC3)cc2)CC1. The van der Waals surface area contributed by atoms with Crippen LogP contribution in [0.25, 0.3) is 0 Å². The molecule has 0 spiro atoms. The smallest absolute Gasteiger partial charge is 0.251 e. The molecule has 0 atom stereocenters. The predicted octanol–water partition coefficient (Wildman–Crippen LogP) is 3.10. The van der Waals surface area contributed by atoms with E-state index in [4.69, 9.17) is 0 Å². The molecular weight excluding hydrogens is 386 g/mol. The molecule has 0 radical (unpaired) electrons. The fraction of sp³-hybridized carbons (Fsp3) is 0.682. The average molecular weight is 422 g/mol. The molecule has 3 rings (SSSR count). The van der Waals surface area contributed by atoms with Crippen LogP contribution in [0.1, 0.15) is 63.2 Å². The average Bonchev–Trinajstić information content (AvgIpc) is 2.73. The van der Waals surface area contributed by atoms with Crippen LogP contribution < -0.4 is 5.32 Å². The number of benzene rings is 1. The van der Waals surface area contributed by atoms with Crippen LogP contribution in [0.4, 0.5) is 0 Å². The predicted molar refractivity (Wildman–Crippen MR) is 115 cm³/mol. The summed E-state index contributed by atoms with van der Waals surface area (Å²) in [5.41, 5.74) is 0.399. The zero-order valence-electron chi connectivity index (χ0n) is 18.0. The van der Waals surface area contributed by atoms with Crippen molar-refractivity contribution in [3.8, 4) is 0 Å². The van der Waals surface area contributed by atoms with E-state index in [1.807, 2.05) is 0 Å². The van der Waals surface area contributed by atoms with E-state index in [2.05, 4.69) is 31.0 Å². The normalized spacial score (nSPS) is 20.5. The number of carbonyl (C=O) groups excluding carboxylic acids is 1. The van der Waals surface area contributed by atoms with Crippen molar-refractivity contribution in [2.45, 2.75) is 63.3 Å². The molecule has 1 aromatic carbocycles. The van der Waals surface area contributed by atoms with Gasteiger partial charge in [0.15, 0.2) is 0 Å². The monoisotopic (exact) mass is 421 g/mol. The first kappa shape index (κ1) is 22.2. The van der Waals surface area contributed by atoms with Crippen molar-refractivity contribution in [2.75, 3.05) is 32.7 Å². The van der Waals surface area contributed by atoms with Gasteiger partial charge >= 0.3 is 0 Å². The summed E-state index contributed by atoms with van der Waals surface area (Å²) in [4.78, 5) is 15.3. The maximum atomic E-state index is 12.8. The number of likely N-dealkylation sites (tertiary alicyclic amines) is 1. The maximum absolute atomic E-state index is 12.8. The topological polar surface area (TPSA) is 69.7 Å². The van der Waals surface area contributed by atoms with Crippen LogP contribution in [0.15, 0.2) is 29.2 Å². The molecule has 1 aromatic rings. The fourth-order valence-corrected chi connectivity index (χ4v) is 5.63. The number of piperidine rings is 2. The minimum Gasteiger partial charge on any atom is -0.350 e. The Hall–Kier alpha value is -1.44. The van der Waals surface area contributed by atoms with Gasteiger partial charge < -0.3 is 5.32 Å². The van der Waals surface area contributed by atoms with Crippen molar-refractivity contribution in [3.63, 3.8) is 0 Å². The highest BCUT2D eigenvalue weighted by atomic mass is 32.2. The molecule has 0 unspecified atom stereocenters. The molecule has 0 aromatic heterocycles. The first-order valence-corrected chi connectivity index (χ1v) is 12.3. The lowest BCUT2D eigenvalue weighted by Crippen LogP contribution is -2.53. The van der Waals surface area contributed by atoms with Crippen LogP contribution in [0, 0.1) is 5.92 Å². The van der Waals surface area contributed by atoms with E-state index in [1.54, 1.807) is 28.6 Å². The molecule has 1 N–H and O–H groups in total. The van der Waals surface area contributed by atoms with Crippen LogP contribution >= 0.6 is 0 Å². The third kappa shape index (κ3) is 5.38. The van der Waals surface area contributed by atoms with Gasteiger partial charge in [0.2, 0.25) is 10.0 Å². The molecule has 2 aliphatic rings. The second kappa shape index (κ2) is 9.14. The molecule has 162 valence electrons. The Bertz CT molecular complexity index is 791. The van der Waals surface area contributed by atoms with Gasteiger partial charge in [-0.15, -0.1) is 0 Å². The number of hydrogen-bond donors (Lipinski definition) is 1. The van der Waals surface area contributed by atoms with Gasteiger partial charge in [-0.3, -0.25) is 9.69 Å². The van der Waals surface area contributed by atoms with Crippen molar-refractivity contribution >= 4 is 15.9 Å². The van der Waals surface area contributed by atoms with E-state index in [9.17, 15) is 13.2 Å². The summed E-state index contributed by atoms with van der Waals surface area (Å²) >= 11 is 0. The molecule has 6 nitrogen and oxygen atoms in total. The lowest BCUT2D eigenvalue weighted by molar-refractivity contribution is 0.0797. The van der Waals surface area contributed by atoms with Crippen LogP contribution in [0.2, 0.25) is 0 Å². The summed E-state index contributed by atoms with van der Waals surface area (Å²) in [6.45, 7) is 10.3. The number of hydrogen-bond acceptors (Lipinski definition) is 4. The molecule has 7 heteroatoms. The van der Waals surface area contributed by atoms with Crippen molar-refractivity contribution in [3.05, 3.63) is 29.8 Å². The lowest BCUT2D eigenvalue weighted by Gasteiger charge is -2.41. The molecule has 0 saturated carbocycles. The zero-order chi connectivity index (χ0) is 21.1. The molecule has 2 fully saturated rings. The van der Waals surface area contributed by atoms with Gasteiger partial charge in [-0.05, 0) is 82.8 Å². The number of nitrogens with one attached hydrogen (secondary N) is 1. The van der Waals surface area contributed by atoms with Crippen LogP contribution in [0.5, 0.6) is 0 Å². The molecule has 29 heavy (non-hydrogen) atoms. The van der Waals surface area contributed by atoms with E-state index in [0.29, 0.717) is 31.1 Å². The molecule has 1 amide bonds. The van der Waals surface area contributed by atoms with Gasteiger partial charge in [0, 0.05) is 30.7 Å². The van der Waals surface area contributed by atoms with Crippen LogP contribution in [-0.4, -0.2) is 61.8 Å². The number of rotatable bonds is 6. The van der Waals surface area contributed by atoms with Gasteiger partial charge in [-0.25, -0.2) is 8.42 Å². The van der Waals surface area contributed by atoms with E-state index in [1.165, 1.54) is 19.3 Å². The molecular formula is C22H35N3O3S. The second-order valence-corrected chi connectivity index (χ2v) is 11.1. The van der Waals surface area contributed by atoms with Crippen LogP contribution in [0.3, 0.4) is 0 Å². The minimum absolute atomic E-state index is 0.0925. The third-order valence-corrected chi connectivity index (χ3v) is 8.30. The van der Waals surface area contributed by atoms with E-state index >= 15 is 0 Å². The lowest BCUT2D eigenvalue weighted by atomic mass is 9.98. The highest BCUT2D eigenvalue weighted by Crippen LogP contribution is 2.24. The third-order valence-electron chi connectivity index (χ3n) is 6.39. The molecule has 2 saturated heterocycles. The summed E-state index contributed by atoms with van der Waals surface area (Å²) < 4.78 is 27.2. The summed E-state index contributed by atoms with van der Waals surface area (Å²) in [6.07, 6.45) is 5.50. The molecule has 0 bridgehead atoms. The first-order valence-electron chi connectivity index (χ1n) is 10.8. The standard InChI is InChI=1S/C22H35N3O3S/c1-18-11-15-25(16-12-18)29(27,28)20-9-7-19(8-10-20)21(26)23-17-22(2,3)24-13-5-4-6-14-24/h7-10,18H,4-6,11-17H2,1-3H3,(H,23,26). The Morgan fingerprint density at radius 3 is 2.21 bits per heavy atom. The van der Waals surface area contributed by atoms with Crippen molar-refractivity contribution in [2.24, 2.45) is 5.92 Å². The summed E-state index contributed by atoms with van der Waals surface area (Å²) in [5.74, 6) is 0.410. The largest absolute Gasteiger partial charge is 0.350 e. The minimum atomic E-state index is -3.48. The van der Waals surface area contributed by atoms with Gasteiger partial charge in [-0.2, -0.15) is 4.31 Å². The highest BCUT2D eigenvalue weighted by Gasteiger charge is 2.29. The van der Waals surface area contributed by atoms with Gasteiger partial charge in [0.25, 0.3) is 5.91 Å². The summed E-state index contributed by atoms with van der Waals surface area (Å²) in [6, 6.07) is 6.33. The van der Waals surface area contributed by atoms with Crippen molar-refractivity contribution in [1.82, 2.24) is 14.5 Å². The summed E-state index contributed by atoms with van der Waals surface area (Å²) in [5, 5.41) is 3.02. The van der Waals surface area contributed by atoms with Crippen molar-refractivity contribution in [1.29, 1.82) is 0 Å². The van der Waals surface area contributed by atoms with Crippen molar-refractivity contribution < 1.29 is 13.2 Å². The first-order chi connectivity index (χ1) is 13.7. The maximum Gasteiger partial charge on any atom is 0.251 e. The fourth-order valence-electron chi connectivity index (χ4n) is 4.16. The molecule has 0 aliphatic carbocycles. The van der Waals surface area contributed by atoms with Crippen LogP contribution in [-0.2, 0) is 10.0 Å². The van der Waals surface area contributed by atoms with Gasteiger partial charge in [-0.1, -0.05) is 13.3 Å². The van der Waals surface area contributed by atoms with E-state index < -0.39 is 10.0 Å². The quantitative estimate of drug-likeness (QED) is 0.766. The number of carbonyl (C=O) groups is 1. The van der Waals surface area contributed by atoms with E-state index in [0.717, 1.165) is 25.9 Å². The Morgan fingerprint density at radius 2 is 1.62 bits per heavy atom. The Balaban J connectivity index is 1.60. The zero-order valence-corrected chi connectivity index (χ0v) is 18.8. The second-order valence-electron chi connectivity index (χ2n) is 9.15. The number of sulfonamides is 1. The number of amides is 1. The van der Waals surface area contributed by atoms with Gasteiger partial charge in [0.05, 0.1) is 4.90 Å². The van der Waals surface area contributed by atoms with Gasteiger partial charge in [0.1, 0.15) is 0 Å².